The SMILES string of the molecule is CCCNc1nc(Cl)nc(N2CCCC(C(F)(F)F)C2)n1. The molecular weight excluding hydrogens is 307 g/mol. The van der Waals surface area contributed by atoms with Gasteiger partial charge in [-0.2, -0.15) is 28.1 Å². The van der Waals surface area contributed by atoms with E-state index in [1.165, 1.54) is 4.90 Å². The van der Waals surface area contributed by atoms with Crippen LogP contribution in [0.4, 0.5) is 25.1 Å². The molecule has 1 fully saturated rings. The molecule has 1 atom stereocenters. The molecule has 0 amide bonds. The van der Waals surface area contributed by atoms with Gasteiger partial charge < -0.3 is 10.2 Å². The topological polar surface area (TPSA) is 53.9 Å². The number of rotatable bonds is 4. The summed E-state index contributed by atoms with van der Waals surface area (Å²) in [6, 6.07) is 0. The lowest BCUT2D eigenvalue weighted by Gasteiger charge is -2.33. The van der Waals surface area contributed by atoms with Crippen molar-refractivity contribution in [1.82, 2.24) is 15.0 Å². The van der Waals surface area contributed by atoms with Crippen LogP contribution in [0.5, 0.6) is 0 Å². The van der Waals surface area contributed by atoms with Gasteiger partial charge in [-0.15, -0.1) is 0 Å². The van der Waals surface area contributed by atoms with Crippen LogP contribution in [-0.4, -0.2) is 40.8 Å². The maximum Gasteiger partial charge on any atom is 0.393 e. The molecular formula is C12H17ClF3N5. The third-order valence-corrected chi connectivity index (χ3v) is 3.47. The highest BCUT2D eigenvalue weighted by Gasteiger charge is 2.42. The first-order chi connectivity index (χ1) is 9.90. The third-order valence-electron chi connectivity index (χ3n) is 3.30. The lowest BCUT2D eigenvalue weighted by Crippen LogP contribution is -2.42. The number of hydrogen-bond acceptors (Lipinski definition) is 5. The molecule has 1 aromatic rings. The Labute approximate surface area is 125 Å². The van der Waals surface area contributed by atoms with E-state index in [4.69, 9.17) is 11.6 Å². The fraction of sp³-hybridized carbons (Fsp3) is 0.750. The van der Waals surface area contributed by atoms with Gasteiger partial charge in [0.05, 0.1) is 5.92 Å². The Hall–Kier alpha value is -1.31. The number of anilines is 2. The van der Waals surface area contributed by atoms with Crippen molar-refractivity contribution in [3.8, 4) is 0 Å². The molecule has 1 aliphatic heterocycles. The average Bonchev–Trinajstić information content (AvgIpc) is 2.44. The Morgan fingerprint density at radius 2 is 2.10 bits per heavy atom. The van der Waals surface area contributed by atoms with Crippen LogP contribution in [-0.2, 0) is 0 Å². The highest BCUT2D eigenvalue weighted by Crippen LogP contribution is 2.34. The molecule has 0 bridgehead atoms. The largest absolute Gasteiger partial charge is 0.393 e. The summed E-state index contributed by atoms with van der Waals surface area (Å²) in [5, 5.41) is 2.94. The molecule has 5 nitrogen and oxygen atoms in total. The molecule has 2 heterocycles. The van der Waals surface area contributed by atoms with E-state index in [0.29, 0.717) is 25.5 Å². The van der Waals surface area contributed by atoms with Gasteiger partial charge in [-0.25, -0.2) is 0 Å². The molecule has 1 aromatic heterocycles. The van der Waals surface area contributed by atoms with Gasteiger partial charge in [-0.3, -0.25) is 0 Å². The van der Waals surface area contributed by atoms with Crippen LogP contribution in [0.3, 0.4) is 0 Å². The molecule has 0 spiro atoms. The predicted molar refractivity (Wildman–Crippen MR) is 74.6 cm³/mol. The number of alkyl halides is 3. The summed E-state index contributed by atoms with van der Waals surface area (Å²) in [6.07, 6.45) is -2.73. The molecule has 0 saturated carbocycles. The summed E-state index contributed by atoms with van der Waals surface area (Å²) in [4.78, 5) is 13.5. The van der Waals surface area contributed by atoms with Crippen LogP contribution in [0.2, 0.25) is 5.28 Å². The molecule has 0 aliphatic carbocycles. The first-order valence-corrected chi connectivity index (χ1v) is 7.25. The van der Waals surface area contributed by atoms with Crippen molar-refractivity contribution in [3.05, 3.63) is 5.28 Å². The number of halogens is 4. The minimum Gasteiger partial charge on any atom is -0.354 e. The number of piperidine rings is 1. The number of aromatic nitrogens is 3. The summed E-state index contributed by atoms with van der Waals surface area (Å²) in [6.45, 7) is 2.98. The smallest absolute Gasteiger partial charge is 0.354 e. The number of hydrogen-bond donors (Lipinski definition) is 1. The second-order valence-corrected chi connectivity index (χ2v) is 5.32. The summed E-state index contributed by atoms with van der Waals surface area (Å²) >= 11 is 5.82. The fourth-order valence-electron chi connectivity index (χ4n) is 2.22. The second-order valence-electron chi connectivity index (χ2n) is 4.98. The standard InChI is InChI=1S/C12H17ClF3N5/c1-2-5-17-10-18-9(13)19-11(20-10)21-6-3-4-8(7-21)12(14,15)16/h8H,2-7H2,1H3,(H,17,18,19,20). The maximum atomic E-state index is 12.8. The molecule has 0 radical (unpaired) electrons. The average molecular weight is 324 g/mol. The third kappa shape index (κ3) is 4.33. The van der Waals surface area contributed by atoms with Crippen LogP contribution in [0, 0.1) is 5.92 Å². The van der Waals surface area contributed by atoms with Crippen LogP contribution in [0.1, 0.15) is 26.2 Å². The number of nitrogens with one attached hydrogen (secondary N) is 1. The van der Waals surface area contributed by atoms with Crippen LogP contribution < -0.4 is 10.2 Å². The zero-order valence-electron chi connectivity index (χ0n) is 11.6. The van der Waals surface area contributed by atoms with Crippen LogP contribution in [0.25, 0.3) is 0 Å². The van der Waals surface area contributed by atoms with E-state index in [1.807, 2.05) is 6.92 Å². The lowest BCUT2D eigenvalue weighted by molar-refractivity contribution is -0.176. The van der Waals surface area contributed by atoms with E-state index < -0.39 is 12.1 Å². The molecule has 1 unspecified atom stereocenters. The van der Waals surface area contributed by atoms with Gasteiger partial charge in [-0.1, -0.05) is 6.92 Å². The summed E-state index contributed by atoms with van der Waals surface area (Å²) < 4.78 is 38.5. The monoisotopic (exact) mass is 323 g/mol. The van der Waals surface area contributed by atoms with Crippen molar-refractivity contribution in [2.75, 3.05) is 29.9 Å². The second kappa shape index (κ2) is 6.64. The first kappa shape index (κ1) is 16.1. The van der Waals surface area contributed by atoms with Crippen LogP contribution in [0.15, 0.2) is 0 Å². The van der Waals surface area contributed by atoms with E-state index in [1.54, 1.807) is 0 Å². The van der Waals surface area contributed by atoms with E-state index in [9.17, 15) is 13.2 Å². The van der Waals surface area contributed by atoms with Crippen molar-refractivity contribution >= 4 is 23.5 Å². The Morgan fingerprint density at radius 1 is 1.33 bits per heavy atom. The first-order valence-electron chi connectivity index (χ1n) is 6.87. The lowest BCUT2D eigenvalue weighted by atomic mass is 9.98. The van der Waals surface area contributed by atoms with Gasteiger partial charge in [-0.05, 0) is 30.9 Å². The predicted octanol–water partition coefficient (Wildman–Crippen LogP) is 3.13. The van der Waals surface area contributed by atoms with E-state index in [-0.39, 0.29) is 24.2 Å². The summed E-state index contributed by atoms with van der Waals surface area (Å²) in [7, 11) is 0. The number of nitrogens with zero attached hydrogens (tertiary/aromatic N) is 4. The molecule has 21 heavy (non-hydrogen) atoms. The fourth-order valence-corrected chi connectivity index (χ4v) is 2.38. The molecule has 118 valence electrons. The van der Waals surface area contributed by atoms with Gasteiger partial charge >= 0.3 is 6.18 Å². The van der Waals surface area contributed by atoms with E-state index in [2.05, 4.69) is 20.3 Å². The molecule has 1 N–H and O–H groups in total. The zero-order chi connectivity index (χ0) is 15.5. The van der Waals surface area contributed by atoms with Crippen molar-refractivity contribution < 1.29 is 13.2 Å². The van der Waals surface area contributed by atoms with E-state index >= 15 is 0 Å². The van der Waals surface area contributed by atoms with Crippen molar-refractivity contribution in [3.63, 3.8) is 0 Å². The van der Waals surface area contributed by atoms with Crippen LogP contribution >= 0.6 is 11.6 Å². The highest BCUT2D eigenvalue weighted by molar-refractivity contribution is 6.28. The molecule has 1 aliphatic rings. The van der Waals surface area contributed by atoms with Gasteiger partial charge in [0.25, 0.3) is 0 Å². The van der Waals surface area contributed by atoms with Gasteiger partial charge in [0, 0.05) is 19.6 Å². The Morgan fingerprint density at radius 3 is 2.76 bits per heavy atom. The molecule has 2 rings (SSSR count). The normalized spacial score (nSPS) is 19.7. The summed E-state index contributed by atoms with van der Waals surface area (Å²) in [5.41, 5.74) is 0. The highest BCUT2D eigenvalue weighted by atomic mass is 35.5. The van der Waals surface area contributed by atoms with Crippen molar-refractivity contribution in [1.29, 1.82) is 0 Å². The zero-order valence-corrected chi connectivity index (χ0v) is 12.4. The van der Waals surface area contributed by atoms with Gasteiger partial charge in [0.2, 0.25) is 17.2 Å². The minimum absolute atomic E-state index is 0.0206. The molecule has 1 saturated heterocycles. The quantitative estimate of drug-likeness (QED) is 0.922. The minimum atomic E-state index is -4.20. The molecule has 9 heteroatoms. The van der Waals surface area contributed by atoms with Crippen molar-refractivity contribution in [2.24, 2.45) is 5.92 Å². The summed E-state index contributed by atoms with van der Waals surface area (Å²) in [5.74, 6) is -0.864. The Balaban J connectivity index is 2.15. The van der Waals surface area contributed by atoms with Crippen molar-refractivity contribution in [2.45, 2.75) is 32.4 Å². The maximum absolute atomic E-state index is 12.8. The molecule has 0 aromatic carbocycles. The Kier molecular flexibility index (Phi) is 5.08. The van der Waals surface area contributed by atoms with Gasteiger partial charge in [0.15, 0.2) is 0 Å². The Bertz CT molecular complexity index is 482. The van der Waals surface area contributed by atoms with Gasteiger partial charge in [0.1, 0.15) is 0 Å². The van der Waals surface area contributed by atoms with E-state index in [0.717, 1.165) is 6.42 Å².